The number of carboxylic acid groups (broad SMARTS) is 1. The van der Waals surface area contributed by atoms with Crippen molar-refractivity contribution in [2.45, 2.75) is 38.6 Å². The Labute approximate surface area is 121 Å². The second-order valence-corrected chi connectivity index (χ2v) is 6.89. The first-order valence-corrected chi connectivity index (χ1v) is 7.85. The Morgan fingerprint density at radius 3 is 2.85 bits per heavy atom. The van der Waals surface area contributed by atoms with Gasteiger partial charge in [0.05, 0.1) is 23.0 Å². The summed E-state index contributed by atoms with van der Waals surface area (Å²) in [5.41, 5.74) is 0.764. The number of hydrogen-bond donors (Lipinski definition) is 2. The van der Waals surface area contributed by atoms with Crippen LogP contribution in [0.15, 0.2) is 5.38 Å². The van der Waals surface area contributed by atoms with Gasteiger partial charge in [-0.25, -0.2) is 4.98 Å². The van der Waals surface area contributed by atoms with Crippen LogP contribution in [-0.4, -0.2) is 28.0 Å². The van der Waals surface area contributed by atoms with E-state index >= 15 is 0 Å². The van der Waals surface area contributed by atoms with Gasteiger partial charge in [-0.1, -0.05) is 0 Å². The van der Waals surface area contributed by atoms with Gasteiger partial charge in [0.2, 0.25) is 5.91 Å². The van der Waals surface area contributed by atoms with E-state index in [-0.39, 0.29) is 24.3 Å². The van der Waals surface area contributed by atoms with Gasteiger partial charge in [-0.2, -0.15) is 0 Å². The van der Waals surface area contributed by atoms with Crippen LogP contribution in [-0.2, 0) is 16.0 Å². The van der Waals surface area contributed by atoms with E-state index in [1.54, 1.807) is 0 Å². The fourth-order valence-corrected chi connectivity index (χ4v) is 4.36. The number of rotatable bonds is 4. The third-order valence-corrected chi connectivity index (χ3v) is 5.36. The van der Waals surface area contributed by atoms with Crippen LogP contribution >= 0.6 is 11.3 Å². The summed E-state index contributed by atoms with van der Waals surface area (Å²) in [5.74, 6) is -0.715. The van der Waals surface area contributed by atoms with Crippen molar-refractivity contribution in [3.63, 3.8) is 0 Å². The molecule has 2 fully saturated rings. The number of fused-ring (bicyclic) bond motifs is 2. The number of nitrogens with one attached hydrogen (secondary N) is 1. The molecule has 3 rings (SSSR count). The number of hydrogen-bond acceptors (Lipinski definition) is 4. The number of amides is 1. The molecule has 0 aliphatic heterocycles. The molecule has 1 heterocycles. The maximum absolute atomic E-state index is 12.1. The molecule has 2 bridgehead atoms. The second kappa shape index (κ2) is 5.16. The van der Waals surface area contributed by atoms with Gasteiger partial charge >= 0.3 is 5.97 Å². The molecule has 4 atom stereocenters. The molecular formula is C14H18N2O3S. The van der Waals surface area contributed by atoms with Crippen LogP contribution in [0.1, 0.15) is 30.0 Å². The normalized spacial score (nSPS) is 31.4. The zero-order chi connectivity index (χ0) is 14.3. The fraction of sp³-hybridized carbons (Fsp3) is 0.643. The minimum absolute atomic E-state index is 0.112. The molecule has 1 aromatic heterocycles. The third kappa shape index (κ3) is 2.44. The lowest BCUT2D eigenvalue weighted by Crippen LogP contribution is -2.47. The van der Waals surface area contributed by atoms with Gasteiger partial charge in [-0.3, -0.25) is 9.59 Å². The molecule has 2 N–H and O–H groups in total. The molecule has 4 unspecified atom stereocenters. The maximum Gasteiger partial charge on any atom is 0.308 e. The highest BCUT2D eigenvalue weighted by Crippen LogP contribution is 2.48. The molecule has 6 heteroatoms. The second-order valence-electron chi connectivity index (χ2n) is 5.83. The minimum atomic E-state index is -0.771. The van der Waals surface area contributed by atoms with Gasteiger partial charge in [0.25, 0.3) is 0 Å². The van der Waals surface area contributed by atoms with Crippen molar-refractivity contribution >= 4 is 23.2 Å². The Balaban J connectivity index is 1.64. The Hall–Kier alpha value is -1.43. The topological polar surface area (TPSA) is 79.3 Å². The monoisotopic (exact) mass is 294 g/mol. The van der Waals surface area contributed by atoms with Crippen molar-refractivity contribution in [3.8, 4) is 0 Å². The lowest BCUT2D eigenvalue weighted by Gasteiger charge is -2.28. The van der Waals surface area contributed by atoms with Gasteiger partial charge in [0.1, 0.15) is 0 Å². The Kier molecular flexibility index (Phi) is 3.50. The largest absolute Gasteiger partial charge is 0.481 e. The number of aliphatic carboxylic acids is 1. The van der Waals surface area contributed by atoms with E-state index in [0.29, 0.717) is 5.92 Å². The first kappa shape index (κ1) is 13.5. The van der Waals surface area contributed by atoms with E-state index in [0.717, 1.165) is 30.0 Å². The van der Waals surface area contributed by atoms with Crippen LogP contribution in [0.3, 0.4) is 0 Å². The van der Waals surface area contributed by atoms with Crippen LogP contribution in [0.5, 0.6) is 0 Å². The number of thiazole rings is 1. The van der Waals surface area contributed by atoms with Crippen LogP contribution in [0.4, 0.5) is 0 Å². The molecule has 0 spiro atoms. The zero-order valence-corrected chi connectivity index (χ0v) is 12.2. The van der Waals surface area contributed by atoms with Crippen molar-refractivity contribution in [1.29, 1.82) is 0 Å². The Bertz CT molecular complexity index is 542. The molecule has 2 saturated carbocycles. The molecule has 20 heavy (non-hydrogen) atoms. The van der Waals surface area contributed by atoms with E-state index in [1.165, 1.54) is 11.3 Å². The number of aryl methyl sites for hydroxylation is 1. The summed E-state index contributed by atoms with van der Waals surface area (Å²) in [6, 6.07) is -0.196. The average molecular weight is 294 g/mol. The highest BCUT2D eigenvalue weighted by Gasteiger charge is 2.51. The Morgan fingerprint density at radius 2 is 2.20 bits per heavy atom. The van der Waals surface area contributed by atoms with Crippen LogP contribution in [0.2, 0.25) is 0 Å². The van der Waals surface area contributed by atoms with Crippen molar-refractivity contribution in [1.82, 2.24) is 10.3 Å². The van der Waals surface area contributed by atoms with Gasteiger partial charge in [-0.15, -0.1) is 11.3 Å². The third-order valence-electron chi connectivity index (χ3n) is 4.54. The van der Waals surface area contributed by atoms with Gasteiger partial charge in [-0.05, 0) is 38.0 Å². The average Bonchev–Trinajstić information content (AvgIpc) is 3.04. The molecule has 0 saturated heterocycles. The van der Waals surface area contributed by atoms with E-state index < -0.39 is 11.9 Å². The number of carbonyl (C=O) groups is 2. The quantitative estimate of drug-likeness (QED) is 0.884. The lowest BCUT2D eigenvalue weighted by atomic mass is 9.84. The summed E-state index contributed by atoms with van der Waals surface area (Å²) in [6.45, 7) is 1.91. The van der Waals surface area contributed by atoms with Crippen LogP contribution < -0.4 is 5.32 Å². The predicted molar refractivity (Wildman–Crippen MR) is 74.4 cm³/mol. The summed E-state index contributed by atoms with van der Waals surface area (Å²) < 4.78 is 0. The molecule has 2 aliphatic carbocycles. The highest BCUT2D eigenvalue weighted by atomic mass is 32.1. The smallest absolute Gasteiger partial charge is 0.308 e. The highest BCUT2D eigenvalue weighted by molar-refractivity contribution is 7.09. The van der Waals surface area contributed by atoms with E-state index in [2.05, 4.69) is 10.3 Å². The van der Waals surface area contributed by atoms with Crippen molar-refractivity contribution < 1.29 is 14.7 Å². The van der Waals surface area contributed by atoms with Crippen molar-refractivity contribution in [3.05, 3.63) is 16.1 Å². The maximum atomic E-state index is 12.1. The van der Waals surface area contributed by atoms with E-state index in [1.807, 2.05) is 12.3 Å². The minimum Gasteiger partial charge on any atom is -0.481 e. The van der Waals surface area contributed by atoms with E-state index in [9.17, 15) is 14.7 Å². The SMILES string of the molecule is Cc1nc(CC(=O)NC2C3CCC(C3)C2C(=O)O)cs1. The number of nitrogens with zero attached hydrogens (tertiary/aromatic N) is 1. The molecule has 0 aromatic carbocycles. The first-order valence-electron chi connectivity index (χ1n) is 6.98. The predicted octanol–water partition coefficient (Wildman–Crippen LogP) is 1.61. The number of aromatic nitrogens is 1. The molecule has 2 aliphatic rings. The lowest BCUT2D eigenvalue weighted by molar-refractivity contribution is -0.144. The summed E-state index contributed by atoms with van der Waals surface area (Å²) in [6.07, 6.45) is 3.21. The summed E-state index contributed by atoms with van der Waals surface area (Å²) in [7, 11) is 0. The van der Waals surface area contributed by atoms with E-state index in [4.69, 9.17) is 0 Å². The van der Waals surface area contributed by atoms with Gasteiger partial charge < -0.3 is 10.4 Å². The molecule has 0 radical (unpaired) electrons. The van der Waals surface area contributed by atoms with Crippen LogP contribution in [0, 0.1) is 24.7 Å². The molecular weight excluding hydrogens is 276 g/mol. The molecule has 1 aromatic rings. The van der Waals surface area contributed by atoms with Crippen LogP contribution in [0.25, 0.3) is 0 Å². The summed E-state index contributed by atoms with van der Waals surface area (Å²) in [4.78, 5) is 27.7. The molecule has 1 amide bonds. The summed E-state index contributed by atoms with van der Waals surface area (Å²) in [5, 5.41) is 15.1. The van der Waals surface area contributed by atoms with Crippen molar-refractivity contribution in [2.75, 3.05) is 0 Å². The first-order chi connectivity index (χ1) is 9.54. The number of carboxylic acids is 1. The number of carbonyl (C=O) groups excluding carboxylic acids is 1. The standard InChI is InChI=1S/C14H18N2O3S/c1-7-15-10(6-20-7)5-11(17)16-13-9-3-2-8(4-9)12(13)14(18)19/h6,8-9,12-13H,2-5H2,1H3,(H,16,17)(H,18,19). The van der Waals surface area contributed by atoms with Gasteiger partial charge in [0.15, 0.2) is 0 Å². The fourth-order valence-electron chi connectivity index (χ4n) is 3.75. The molecule has 5 nitrogen and oxygen atoms in total. The van der Waals surface area contributed by atoms with Crippen molar-refractivity contribution in [2.24, 2.45) is 17.8 Å². The Morgan fingerprint density at radius 1 is 1.45 bits per heavy atom. The zero-order valence-electron chi connectivity index (χ0n) is 11.3. The molecule has 108 valence electrons. The van der Waals surface area contributed by atoms with Gasteiger partial charge in [0, 0.05) is 11.4 Å². The summed E-state index contributed by atoms with van der Waals surface area (Å²) >= 11 is 1.52.